The molecule has 0 saturated heterocycles. The van der Waals surface area contributed by atoms with Gasteiger partial charge < -0.3 is 15.8 Å². The van der Waals surface area contributed by atoms with Crippen LogP contribution in [-0.4, -0.2) is 18.1 Å². The summed E-state index contributed by atoms with van der Waals surface area (Å²) in [6, 6.07) is 7.44. The first kappa shape index (κ1) is 10.8. The summed E-state index contributed by atoms with van der Waals surface area (Å²) in [5, 5.41) is 2.89. The van der Waals surface area contributed by atoms with Crippen LogP contribution >= 0.6 is 0 Å². The van der Waals surface area contributed by atoms with E-state index in [0.717, 1.165) is 12.8 Å². The molecule has 1 aromatic rings. The lowest BCUT2D eigenvalue weighted by Gasteiger charge is -2.14. The maximum absolute atomic E-state index is 11.6. The molecule has 1 aliphatic rings. The molecule has 1 atom stereocenters. The molecule has 0 aliphatic heterocycles. The Balaban J connectivity index is 1.90. The first-order valence-electron chi connectivity index (χ1n) is 5.48. The third-order valence-corrected chi connectivity index (χ3v) is 2.46. The number of carbonyl (C=O) groups is 1. The highest BCUT2D eigenvalue weighted by Gasteiger charge is 2.26. The highest BCUT2D eigenvalue weighted by Crippen LogP contribution is 2.20. The minimum Gasteiger partial charge on any atom is -0.481 e. The Hall–Kier alpha value is -1.71. The summed E-state index contributed by atoms with van der Waals surface area (Å²) < 4.78 is 5.49. The summed E-state index contributed by atoms with van der Waals surface area (Å²) in [5.74, 6) is 0.559. The predicted octanol–water partition coefficient (Wildman–Crippen LogP) is 1.31. The summed E-state index contributed by atoms with van der Waals surface area (Å²) in [6.07, 6.45) is 1.68. The minimum absolute atomic E-state index is 0.0649. The molecule has 0 spiro atoms. The number of nitrogens with one attached hydrogen (secondary N) is 1. The van der Waals surface area contributed by atoms with Gasteiger partial charge in [-0.2, -0.15) is 0 Å². The lowest BCUT2D eigenvalue weighted by Crippen LogP contribution is -2.37. The maximum atomic E-state index is 11.6. The second kappa shape index (κ2) is 4.43. The lowest BCUT2D eigenvalue weighted by molar-refractivity contribution is -0.127. The fourth-order valence-corrected chi connectivity index (χ4v) is 1.39. The number of carbonyl (C=O) groups excluding carboxylic acids is 1. The third-order valence-electron chi connectivity index (χ3n) is 2.46. The average Bonchev–Trinajstić information content (AvgIpc) is 3.01. The molecule has 1 aliphatic carbocycles. The fourth-order valence-electron chi connectivity index (χ4n) is 1.39. The van der Waals surface area contributed by atoms with Crippen molar-refractivity contribution in [1.82, 2.24) is 5.32 Å². The normalized spacial score (nSPS) is 16.6. The van der Waals surface area contributed by atoms with Crippen molar-refractivity contribution in [3.63, 3.8) is 0 Å². The summed E-state index contributed by atoms with van der Waals surface area (Å²) in [4.78, 5) is 11.6. The van der Waals surface area contributed by atoms with Crippen molar-refractivity contribution in [3.05, 3.63) is 24.3 Å². The molecule has 1 amide bonds. The van der Waals surface area contributed by atoms with E-state index in [1.54, 1.807) is 31.2 Å². The number of hydrogen-bond donors (Lipinski definition) is 2. The summed E-state index contributed by atoms with van der Waals surface area (Å²) in [6.45, 7) is 1.74. The first-order valence-corrected chi connectivity index (χ1v) is 5.48. The molecule has 1 aromatic carbocycles. The van der Waals surface area contributed by atoms with Gasteiger partial charge in [-0.05, 0) is 31.9 Å². The van der Waals surface area contributed by atoms with Crippen LogP contribution in [0.1, 0.15) is 19.8 Å². The maximum Gasteiger partial charge on any atom is 0.260 e. The molecule has 0 bridgehead atoms. The van der Waals surface area contributed by atoms with Crippen LogP contribution < -0.4 is 15.8 Å². The standard InChI is InChI=1S/C12H16N2O2/c1-8(12(15)14-10-5-6-10)16-11-4-2-3-9(13)7-11/h2-4,7-8,10H,5-6,13H2,1H3,(H,14,15)/t8-/m1/s1. The van der Waals surface area contributed by atoms with Gasteiger partial charge in [-0.15, -0.1) is 0 Å². The van der Waals surface area contributed by atoms with Gasteiger partial charge in [0.05, 0.1) is 0 Å². The van der Waals surface area contributed by atoms with Crippen LogP contribution in [0, 0.1) is 0 Å². The predicted molar refractivity (Wildman–Crippen MR) is 62.1 cm³/mol. The molecule has 0 aromatic heterocycles. The van der Waals surface area contributed by atoms with Gasteiger partial charge in [0.25, 0.3) is 5.91 Å². The number of amides is 1. The van der Waals surface area contributed by atoms with Gasteiger partial charge in [0.2, 0.25) is 0 Å². The van der Waals surface area contributed by atoms with E-state index in [1.165, 1.54) is 0 Å². The van der Waals surface area contributed by atoms with Crippen LogP contribution in [0.3, 0.4) is 0 Å². The van der Waals surface area contributed by atoms with Crippen LogP contribution in [-0.2, 0) is 4.79 Å². The van der Waals surface area contributed by atoms with Gasteiger partial charge in [0, 0.05) is 17.8 Å². The van der Waals surface area contributed by atoms with Crippen molar-refractivity contribution in [2.45, 2.75) is 31.9 Å². The highest BCUT2D eigenvalue weighted by atomic mass is 16.5. The number of benzene rings is 1. The van der Waals surface area contributed by atoms with Crippen molar-refractivity contribution in [2.75, 3.05) is 5.73 Å². The van der Waals surface area contributed by atoms with E-state index in [2.05, 4.69) is 5.32 Å². The number of rotatable bonds is 4. The van der Waals surface area contributed by atoms with E-state index in [-0.39, 0.29) is 5.91 Å². The molecule has 0 unspecified atom stereocenters. The molecule has 3 N–H and O–H groups in total. The number of hydrogen-bond acceptors (Lipinski definition) is 3. The molecular formula is C12H16N2O2. The van der Waals surface area contributed by atoms with Crippen molar-refractivity contribution in [2.24, 2.45) is 0 Å². The Morgan fingerprint density at radius 1 is 1.56 bits per heavy atom. The van der Waals surface area contributed by atoms with Crippen LogP contribution in [0.5, 0.6) is 5.75 Å². The second-order valence-electron chi connectivity index (χ2n) is 4.12. The topological polar surface area (TPSA) is 64.3 Å². The van der Waals surface area contributed by atoms with E-state index < -0.39 is 6.10 Å². The zero-order chi connectivity index (χ0) is 11.5. The Morgan fingerprint density at radius 3 is 2.94 bits per heavy atom. The van der Waals surface area contributed by atoms with E-state index in [0.29, 0.717) is 17.5 Å². The summed E-state index contributed by atoms with van der Waals surface area (Å²) in [7, 11) is 0. The molecule has 0 radical (unpaired) electrons. The average molecular weight is 220 g/mol. The second-order valence-corrected chi connectivity index (χ2v) is 4.12. The first-order chi connectivity index (χ1) is 7.65. The molecule has 4 nitrogen and oxygen atoms in total. The molecular weight excluding hydrogens is 204 g/mol. The molecule has 0 heterocycles. The van der Waals surface area contributed by atoms with Gasteiger partial charge in [-0.25, -0.2) is 0 Å². The molecule has 2 rings (SSSR count). The molecule has 16 heavy (non-hydrogen) atoms. The number of ether oxygens (including phenoxy) is 1. The van der Waals surface area contributed by atoms with Gasteiger partial charge in [0.15, 0.2) is 6.10 Å². The Bertz CT molecular complexity index is 388. The zero-order valence-electron chi connectivity index (χ0n) is 9.27. The zero-order valence-corrected chi connectivity index (χ0v) is 9.27. The number of anilines is 1. The monoisotopic (exact) mass is 220 g/mol. The van der Waals surface area contributed by atoms with Crippen molar-refractivity contribution in [3.8, 4) is 5.75 Å². The Morgan fingerprint density at radius 2 is 2.31 bits per heavy atom. The minimum atomic E-state index is -0.484. The van der Waals surface area contributed by atoms with E-state index >= 15 is 0 Å². The molecule has 86 valence electrons. The van der Waals surface area contributed by atoms with Crippen molar-refractivity contribution < 1.29 is 9.53 Å². The van der Waals surface area contributed by atoms with E-state index in [9.17, 15) is 4.79 Å². The van der Waals surface area contributed by atoms with Gasteiger partial charge >= 0.3 is 0 Å². The Kier molecular flexibility index (Phi) is 2.99. The van der Waals surface area contributed by atoms with E-state index in [4.69, 9.17) is 10.5 Å². The van der Waals surface area contributed by atoms with Crippen LogP contribution in [0.15, 0.2) is 24.3 Å². The van der Waals surface area contributed by atoms with E-state index in [1.807, 2.05) is 0 Å². The number of nitrogen functional groups attached to an aromatic ring is 1. The van der Waals surface area contributed by atoms with Gasteiger partial charge in [-0.1, -0.05) is 6.07 Å². The van der Waals surface area contributed by atoms with Crippen LogP contribution in [0.25, 0.3) is 0 Å². The van der Waals surface area contributed by atoms with Gasteiger partial charge in [0.1, 0.15) is 5.75 Å². The van der Waals surface area contributed by atoms with Crippen LogP contribution in [0.2, 0.25) is 0 Å². The van der Waals surface area contributed by atoms with Crippen molar-refractivity contribution >= 4 is 11.6 Å². The quantitative estimate of drug-likeness (QED) is 0.752. The van der Waals surface area contributed by atoms with Gasteiger partial charge in [-0.3, -0.25) is 4.79 Å². The summed E-state index contributed by atoms with van der Waals surface area (Å²) in [5.41, 5.74) is 6.25. The fraction of sp³-hybridized carbons (Fsp3) is 0.417. The lowest BCUT2D eigenvalue weighted by atomic mass is 10.3. The third kappa shape index (κ3) is 2.89. The molecule has 4 heteroatoms. The number of nitrogens with two attached hydrogens (primary N) is 1. The summed E-state index contributed by atoms with van der Waals surface area (Å²) >= 11 is 0. The largest absolute Gasteiger partial charge is 0.481 e. The smallest absolute Gasteiger partial charge is 0.260 e. The highest BCUT2D eigenvalue weighted by molar-refractivity contribution is 5.81. The molecule has 1 fully saturated rings. The van der Waals surface area contributed by atoms with Crippen LogP contribution in [0.4, 0.5) is 5.69 Å². The van der Waals surface area contributed by atoms with Crippen molar-refractivity contribution in [1.29, 1.82) is 0 Å². The SMILES string of the molecule is C[C@@H](Oc1cccc(N)c1)C(=O)NC1CC1. The molecule has 1 saturated carbocycles. The Labute approximate surface area is 94.8 Å².